The molecule has 8 heteroatoms. The molecular weight excluding hydrogens is 464 g/mol. The standard InChI is InChI=1S/C29H30N6O2/c1-35-13-10-21(11-14-35)19-37-25-17-31-28(32-18-25)23-6-4-5-22(15-23)16-24-7-2-3-12-29(24,20-30)26-8-9-27(36)34-33-26/h2-9,12,15,17-18,21,24H,10-11,13-14,16,19H2,1H3,(H,34,36). The van der Waals surface area contributed by atoms with Gasteiger partial charge >= 0.3 is 0 Å². The number of piperidine rings is 1. The minimum absolute atomic E-state index is 0.160. The van der Waals surface area contributed by atoms with Crippen molar-refractivity contribution in [1.29, 1.82) is 5.26 Å². The summed E-state index contributed by atoms with van der Waals surface area (Å²) in [6.45, 7) is 2.92. The summed E-state index contributed by atoms with van der Waals surface area (Å²) < 4.78 is 5.96. The molecule has 1 aliphatic heterocycles. The first-order chi connectivity index (χ1) is 18.1. The maximum Gasteiger partial charge on any atom is 0.264 e. The molecule has 3 aromatic rings. The van der Waals surface area contributed by atoms with Crippen molar-refractivity contribution in [1.82, 2.24) is 25.1 Å². The minimum Gasteiger partial charge on any atom is -0.490 e. The molecule has 0 radical (unpaired) electrons. The van der Waals surface area contributed by atoms with E-state index in [0.717, 1.165) is 37.1 Å². The maximum absolute atomic E-state index is 11.5. The van der Waals surface area contributed by atoms with Gasteiger partial charge in [-0.1, -0.05) is 42.5 Å². The van der Waals surface area contributed by atoms with Gasteiger partial charge in [0, 0.05) is 17.5 Å². The Labute approximate surface area is 216 Å². The van der Waals surface area contributed by atoms with Gasteiger partial charge in [0.05, 0.1) is 30.8 Å². The van der Waals surface area contributed by atoms with Crippen molar-refractivity contribution in [2.45, 2.75) is 24.7 Å². The summed E-state index contributed by atoms with van der Waals surface area (Å²) in [7, 11) is 2.16. The largest absolute Gasteiger partial charge is 0.490 e. The number of nitriles is 1. The van der Waals surface area contributed by atoms with Gasteiger partial charge in [-0.2, -0.15) is 10.4 Å². The Morgan fingerprint density at radius 2 is 1.97 bits per heavy atom. The summed E-state index contributed by atoms with van der Waals surface area (Å²) in [6.07, 6.45) is 14.1. The molecule has 1 aromatic carbocycles. The zero-order valence-electron chi connectivity index (χ0n) is 20.9. The van der Waals surface area contributed by atoms with Crippen LogP contribution in [0.5, 0.6) is 5.75 Å². The fourth-order valence-electron chi connectivity index (χ4n) is 5.01. The highest BCUT2D eigenvalue weighted by Crippen LogP contribution is 2.38. The van der Waals surface area contributed by atoms with Crippen molar-refractivity contribution in [3.63, 3.8) is 0 Å². The van der Waals surface area contributed by atoms with Crippen LogP contribution in [0.2, 0.25) is 0 Å². The highest BCUT2D eigenvalue weighted by molar-refractivity contribution is 5.56. The monoisotopic (exact) mass is 494 g/mol. The van der Waals surface area contributed by atoms with Crippen LogP contribution in [0, 0.1) is 23.2 Å². The quantitative estimate of drug-likeness (QED) is 0.534. The Morgan fingerprint density at radius 3 is 2.70 bits per heavy atom. The minimum atomic E-state index is -0.974. The normalized spacial score (nSPS) is 22.0. The molecule has 37 heavy (non-hydrogen) atoms. The van der Waals surface area contributed by atoms with Crippen molar-refractivity contribution in [3.05, 3.63) is 94.7 Å². The van der Waals surface area contributed by atoms with Gasteiger partial charge in [-0.15, -0.1) is 0 Å². The van der Waals surface area contributed by atoms with Crippen LogP contribution in [0.1, 0.15) is 24.1 Å². The molecule has 0 amide bonds. The van der Waals surface area contributed by atoms with E-state index in [1.165, 1.54) is 6.07 Å². The maximum atomic E-state index is 11.5. The van der Waals surface area contributed by atoms with E-state index < -0.39 is 5.41 Å². The molecule has 2 aromatic heterocycles. The fraction of sp³-hybridized carbons (Fsp3) is 0.345. The van der Waals surface area contributed by atoms with E-state index in [0.29, 0.717) is 36.2 Å². The fourth-order valence-corrected chi connectivity index (χ4v) is 5.01. The van der Waals surface area contributed by atoms with E-state index in [-0.39, 0.29) is 11.5 Å². The average Bonchev–Trinajstić information content (AvgIpc) is 2.94. The zero-order chi connectivity index (χ0) is 25.7. The smallest absolute Gasteiger partial charge is 0.264 e. The third-order valence-electron chi connectivity index (χ3n) is 7.28. The third-order valence-corrected chi connectivity index (χ3v) is 7.28. The molecule has 1 N–H and O–H groups in total. The van der Waals surface area contributed by atoms with Gasteiger partial charge in [-0.25, -0.2) is 15.1 Å². The zero-order valence-corrected chi connectivity index (χ0v) is 20.9. The van der Waals surface area contributed by atoms with Crippen LogP contribution in [-0.4, -0.2) is 51.8 Å². The van der Waals surface area contributed by atoms with Gasteiger partial charge in [0.25, 0.3) is 5.56 Å². The number of H-pyrrole nitrogens is 1. The number of allylic oxidation sites excluding steroid dienone is 4. The summed E-state index contributed by atoms with van der Waals surface area (Å²) >= 11 is 0. The van der Waals surface area contributed by atoms with Gasteiger partial charge in [0.15, 0.2) is 11.6 Å². The van der Waals surface area contributed by atoms with Gasteiger partial charge in [0.1, 0.15) is 5.41 Å². The molecule has 8 nitrogen and oxygen atoms in total. The highest BCUT2D eigenvalue weighted by Gasteiger charge is 2.40. The Hall–Kier alpha value is -4.09. The molecule has 2 unspecified atom stereocenters. The van der Waals surface area contributed by atoms with E-state index in [1.807, 2.05) is 42.5 Å². The van der Waals surface area contributed by atoms with Crippen LogP contribution in [0.4, 0.5) is 0 Å². The molecule has 3 heterocycles. The molecule has 0 saturated carbocycles. The number of rotatable bonds is 7. The predicted molar refractivity (Wildman–Crippen MR) is 141 cm³/mol. The number of hydrogen-bond acceptors (Lipinski definition) is 7. The van der Waals surface area contributed by atoms with Gasteiger partial charge in [-0.05, 0) is 63.0 Å². The topological polar surface area (TPSA) is 108 Å². The third kappa shape index (κ3) is 5.52. The second-order valence-corrected chi connectivity index (χ2v) is 9.84. The average molecular weight is 495 g/mol. The summed E-state index contributed by atoms with van der Waals surface area (Å²) in [4.78, 5) is 23.0. The number of benzene rings is 1. The van der Waals surface area contributed by atoms with Crippen molar-refractivity contribution < 1.29 is 4.74 Å². The first-order valence-corrected chi connectivity index (χ1v) is 12.6. The number of hydrogen-bond donors (Lipinski definition) is 1. The van der Waals surface area contributed by atoms with Gasteiger partial charge in [-0.3, -0.25) is 4.79 Å². The van der Waals surface area contributed by atoms with Crippen LogP contribution in [0.25, 0.3) is 11.4 Å². The number of aromatic nitrogens is 4. The van der Waals surface area contributed by atoms with Crippen LogP contribution in [-0.2, 0) is 11.8 Å². The molecule has 0 bridgehead atoms. The summed E-state index contributed by atoms with van der Waals surface area (Å²) in [5, 5.41) is 16.8. The summed E-state index contributed by atoms with van der Waals surface area (Å²) in [5.74, 6) is 1.72. The van der Waals surface area contributed by atoms with E-state index >= 15 is 0 Å². The molecular formula is C29H30N6O2. The first kappa shape index (κ1) is 24.6. The van der Waals surface area contributed by atoms with Gasteiger partial charge in [0.2, 0.25) is 0 Å². The van der Waals surface area contributed by atoms with Crippen molar-refractivity contribution in [2.24, 2.45) is 11.8 Å². The molecule has 188 valence electrons. The SMILES string of the molecule is CN1CCC(COc2cnc(-c3cccc(CC4C=CC=CC4(C#N)c4ccc(=O)[nH]n4)c3)nc2)CC1. The van der Waals surface area contributed by atoms with Crippen molar-refractivity contribution >= 4 is 0 Å². The van der Waals surface area contributed by atoms with E-state index in [1.54, 1.807) is 18.5 Å². The molecule has 5 rings (SSSR count). The molecule has 1 saturated heterocycles. The number of nitrogens with zero attached hydrogens (tertiary/aromatic N) is 5. The Balaban J connectivity index is 1.29. The van der Waals surface area contributed by atoms with Crippen molar-refractivity contribution in [2.75, 3.05) is 26.7 Å². The number of aromatic amines is 1. The lowest BCUT2D eigenvalue weighted by atomic mass is 9.69. The molecule has 1 fully saturated rings. The molecule has 2 atom stereocenters. The second kappa shape index (κ2) is 10.9. The van der Waals surface area contributed by atoms with Crippen LogP contribution in [0.3, 0.4) is 0 Å². The Kier molecular flexibility index (Phi) is 7.24. The van der Waals surface area contributed by atoms with E-state index in [2.05, 4.69) is 44.2 Å². The first-order valence-electron chi connectivity index (χ1n) is 12.6. The number of nitrogens with one attached hydrogen (secondary N) is 1. The highest BCUT2D eigenvalue weighted by atomic mass is 16.5. The lowest BCUT2D eigenvalue weighted by Gasteiger charge is -2.31. The summed E-state index contributed by atoms with van der Waals surface area (Å²) in [6, 6.07) is 13.5. The molecule has 0 spiro atoms. The van der Waals surface area contributed by atoms with E-state index in [9.17, 15) is 10.1 Å². The predicted octanol–water partition coefficient (Wildman–Crippen LogP) is 3.69. The second-order valence-electron chi connectivity index (χ2n) is 9.84. The number of likely N-dealkylation sites (tertiary alicyclic amines) is 1. The molecule has 2 aliphatic rings. The van der Waals surface area contributed by atoms with Crippen LogP contribution < -0.4 is 10.3 Å². The lowest BCUT2D eigenvalue weighted by Crippen LogP contribution is -2.35. The molecule has 1 aliphatic carbocycles. The lowest BCUT2D eigenvalue weighted by molar-refractivity contribution is 0.159. The van der Waals surface area contributed by atoms with Gasteiger partial charge < -0.3 is 9.64 Å². The Morgan fingerprint density at radius 1 is 1.16 bits per heavy atom. The van der Waals surface area contributed by atoms with Crippen LogP contribution in [0.15, 0.2) is 77.9 Å². The van der Waals surface area contributed by atoms with E-state index in [4.69, 9.17) is 4.74 Å². The van der Waals surface area contributed by atoms with Crippen molar-refractivity contribution in [3.8, 4) is 23.2 Å². The summed E-state index contributed by atoms with van der Waals surface area (Å²) in [5.41, 5.74) is 1.21. The Bertz CT molecular complexity index is 1360. The van der Waals surface area contributed by atoms with Crippen LogP contribution >= 0.6 is 0 Å². The number of ether oxygens (including phenoxy) is 1.